The lowest BCUT2D eigenvalue weighted by molar-refractivity contribution is 0.199. The van der Waals surface area contributed by atoms with Crippen molar-refractivity contribution in [2.24, 2.45) is 0 Å². The molecule has 1 aliphatic heterocycles. The molecule has 0 N–H and O–H groups in total. The lowest BCUT2D eigenvalue weighted by atomic mass is 10.2. The van der Waals surface area contributed by atoms with E-state index >= 15 is 0 Å². The van der Waals surface area contributed by atoms with Gasteiger partial charge in [0.2, 0.25) is 5.89 Å². The van der Waals surface area contributed by atoms with Gasteiger partial charge in [0, 0.05) is 12.2 Å². The number of aryl methyl sites for hydroxylation is 3. The summed E-state index contributed by atoms with van der Waals surface area (Å²) < 4.78 is 7.75. The SMILES string of the molecule is Cc1cnn(C[C@@H]2CCCN2Cc2nc(C)c(C)o2)c1. The molecule has 2 aromatic heterocycles. The fourth-order valence-corrected chi connectivity index (χ4v) is 2.87. The van der Waals surface area contributed by atoms with Gasteiger partial charge >= 0.3 is 0 Å². The summed E-state index contributed by atoms with van der Waals surface area (Å²) in [6, 6.07) is 0.529. The smallest absolute Gasteiger partial charge is 0.208 e. The van der Waals surface area contributed by atoms with Crippen LogP contribution >= 0.6 is 0 Å². The third-order valence-corrected chi connectivity index (χ3v) is 4.07. The minimum absolute atomic E-state index is 0.529. The maximum atomic E-state index is 5.70. The van der Waals surface area contributed by atoms with Gasteiger partial charge < -0.3 is 4.42 Å². The molecule has 2 aromatic rings. The zero-order chi connectivity index (χ0) is 14.1. The number of rotatable bonds is 4. The Morgan fingerprint density at radius 3 is 2.85 bits per heavy atom. The molecule has 1 atom stereocenters. The molecule has 20 heavy (non-hydrogen) atoms. The van der Waals surface area contributed by atoms with Crippen LogP contribution in [0.25, 0.3) is 0 Å². The van der Waals surface area contributed by atoms with Gasteiger partial charge in [-0.2, -0.15) is 5.10 Å². The molecule has 1 saturated heterocycles. The summed E-state index contributed by atoms with van der Waals surface area (Å²) in [6.45, 7) is 8.92. The van der Waals surface area contributed by atoms with Crippen molar-refractivity contribution in [3.05, 3.63) is 35.3 Å². The molecule has 0 bridgehead atoms. The molecule has 0 amide bonds. The first-order valence-electron chi connectivity index (χ1n) is 7.28. The first-order chi connectivity index (χ1) is 9.61. The first-order valence-corrected chi connectivity index (χ1v) is 7.28. The molecule has 0 aromatic carbocycles. The Kier molecular flexibility index (Phi) is 3.61. The largest absolute Gasteiger partial charge is 0.444 e. The van der Waals surface area contributed by atoms with Crippen LogP contribution in [0.1, 0.15) is 35.7 Å². The van der Waals surface area contributed by atoms with Gasteiger partial charge in [0.15, 0.2) is 0 Å². The van der Waals surface area contributed by atoms with E-state index < -0.39 is 0 Å². The predicted octanol–water partition coefficient (Wildman–Crippen LogP) is 2.46. The van der Waals surface area contributed by atoms with E-state index in [0.717, 1.165) is 37.0 Å². The average molecular weight is 274 g/mol. The summed E-state index contributed by atoms with van der Waals surface area (Å²) in [5.41, 5.74) is 2.21. The van der Waals surface area contributed by atoms with Crippen LogP contribution < -0.4 is 0 Å². The fraction of sp³-hybridized carbons (Fsp3) is 0.600. The summed E-state index contributed by atoms with van der Waals surface area (Å²) in [4.78, 5) is 6.95. The number of nitrogens with zero attached hydrogens (tertiary/aromatic N) is 4. The minimum Gasteiger partial charge on any atom is -0.444 e. The number of oxazole rings is 1. The van der Waals surface area contributed by atoms with E-state index in [1.54, 1.807) is 0 Å². The Balaban J connectivity index is 1.66. The van der Waals surface area contributed by atoms with Crippen LogP contribution in [-0.2, 0) is 13.1 Å². The fourth-order valence-electron chi connectivity index (χ4n) is 2.87. The zero-order valence-corrected chi connectivity index (χ0v) is 12.5. The topological polar surface area (TPSA) is 47.1 Å². The quantitative estimate of drug-likeness (QED) is 0.859. The van der Waals surface area contributed by atoms with Gasteiger partial charge in [-0.25, -0.2) is 4.98 Å². The van der Waals surface area contributed by atoms with E-state index in [4.69, 9.17) is 4.42 Å². The number of aromatic nitrogens is 3. The molecule has 1 aliphatic rings. The summed E-state index contributed by atoms with van der Waals surface area (Å²) in [5.74, 6) is 1.77. The molecule has 0 spiro atoms. The van der Waals surface area contributed by atoms with Gasteiger partial charge in [-0.3, -0.25) is 9.58 Å². The van der Waals surface area contributed by atoms with E-state index in [9.17, 15) is 0 Å². The maximum Gasteiger partial charge on any atom is 0.208 e. The van der Waals surface area contributed by atoms with Crippen LogP contribution in [0.4, 0.5) is 0 Å². The molecule has 5 nitrogen and oxygen atoms in total. The number of likely N-dealkylation sites (tertiary alicyclic amines) is 1. The molecule has 1 fully saturated rings. The predicted molar refractivity (Wildman–Crippen MR) is 76.4 cm³/mol. The van der Waals surface area contributed by atoms with Crippen LogP contribution in [0.3, 0.4) is 0 Å². The molecule has 108 valence electrons. The molecule has 3 rings (SSSR count). The van der Waals surface area contributed by atoms with Crippen molar-refractivity contribution in [3.63, 3.8) is 0 Å². The highest BCUT2D eigenvalue weighted by atomic mass is 16.4. The third kappa shape index (κ3) is 2.77. The van der Waals surface area contributed by atoms with Crippen molar-refractivity contribution in [1.82, 2.24) is 19.7 Å². The molecule has 5 heteroatoms. The molecule has 0 aliphatic carbocycles. The standard InChI is InChI=1S/C15H22N4O/c1-11-7-16-19(8-11)9-14-5-4-6-18(14)10-15-17-12(2)13(3)20-15/h7-8,14H,4-6,9-10H2,1-3H3/t14-/m0/s1. The lowest BCUT2D eigenvalue weighted by Crippen LogP contribution is -2.32. The lowest BCUT2D eigenvalue weighted by Gasteiger charge is -2.22. The Labute approximate surface area is 119 Å². The summed E-state index contributed by atoms with van der Waals surface area (Å²) >= 11 is 0. The Bertz CT molecular complexity index is 567. The second kappa shape index (κ2) is 5.40. The maximum absolute atomic E-state index is 5.70. The van der Waals surface area contributed by atoms with Crippen LogP contribution in [0.15, 0.2) is 16.8 Å². The highest BCUT2D eigenvalue weighted by molar-refractivity contribution is 5.05. The second-order valence-electron chi connectivity index (χ2n) is 5.76. The van der Waals surface area contributed by atoms with Gasteiger partial charge in [-0.15, -0.1) is 0 Å². The van der Waals surface area contributed by atoms with Crippen LogP contribution in [0.5, 0.6) is 0 Å². The molecular weight excluding hydrogens is 252 g/mol. The van der Waals surface area contributed by atoms with Gasteiger partial charge in [0.05, 0.1) is 25.0 Å². The van der Waals surface area contributed by atoms with Gasteiger partial charge in [-0.1, -0.05) is 0 Å². The summed E-state index contributed by atoms with van der Waals surface area (Å²) in [6.07, 6.45) is 6.48. The van der Waals surface area contributed by atoms with Gasteiger partial charge in [-0.05, 0) is 45.7 Å². The summed E-state index contributed by atoms with van der Waals surface area (Å²) in [7, 11) is 0. The van der Waals surface area contributed by atoms with Crippen molar-refractivity contribution in [2.75, 3.05) is 6.54 Å². The van der Waals surface area contributed by atoms with Crippen LogP contribution in [0, 0.1) is 20.8 Å². The monoisotopic (exact) mass is 274 g/mol. The van der Waals surface area contributed by atoms with Gasteiger partial charge in [0.25, 0.3) is 0 Å². The van der Waals surface area contributed by atoms with E-state index in [-0.39, 0.29) is 0 Å². The van der Waals surface area contributed by atoms with Crippen LogP contribution in [-0.4, -0.2) is 32.3 Å². The van der Waals surface area contributed by atoms with Crippen molar-refractivity contribution >= 4 is 0 Å². The van der Waals surface area contributed by atoms with Crippen molar-refractivity contribution in [1.29, 1.82) is 0 Å². The third-order valence-electron chi connectivity index (χ3n) is 4.07. The van der Waals surface area contributed by atoms with Gasteiger partial charge in [0.1, 0.15) is 5.76 Å². The normalized spacial score (nSPS) is 19.9. The van der Waals surface area contributed by atoms with E-state index in [0.29, 0.717) is 6.04 Å². The van der Waals surface area contributed by atoms with E-state index in [1.807, 2.05) is 24.7 Å². The zero-order valence-electron chi connectivity index (χ0n) is 12.5. The minimum atomic E-state index is 0.529. The first kappa shape index (κ1) is 13.4. The van der Waals surface area contributed by atoms with Crippen LogP contribution in [0.2, 0.25) is 0 Å². The highest BCUT2D eigenvalue weighted by Crippen LogP contribution is 2.22. The molecule has 0 unspecified atom stereocenters. The van der Waals surface area contributed by atoms with Crippen molar-refractivity contribution in [2.45, 2.75) is 52.7 Å². The average Bonchev–Trinajstić information content (AvgIpc) is 3.06. The number of hydrogen-bond donors (Lipinski definition) is 0. The van der Waals surface area contributed by atoms with E-state index in [1.165, 1.54) is 18.4 Å². The summed E-state index contributed by atoms with van der Waals surface area (Å²) in [5, 5.41) is 4.39. The molecule has 0 radical (unpaired) electrons. The molecule has 3 heterocycles. The molecular formula is C15H22N4O. The van der Waals surface area contributed by atoms with E-state index in [2.05, 4.69) is 28.1 Å². The Morgan fingerprint density at radius 2 is 2.20 bits per heavy atom. The van der Waals surface area contributed by atoms with Crippen molar-refractivity contribution < 1.29 is 4.42 Å². The highest BCUT2D eigenvalue weighted by Gasteiger charge is 2.26. The molecule has 0 saturated carbocycles. The van der Waals surface area contributed by atoms with Crippen molar-refractivity contribution in [3.8, 4) is 0 Å². The Morgan fingerprint density at radius 1 is 1.35 bits per heavy atom. The Hall–Kier alpha value is -1.62. The second-order valence-corrected chi connectivity index (χ2v) is 5.76. The number of hydrogen-bond acceptors (Lipinski definition) is 4.